The number of carbonyl (C=O) groups is 3. The highest BCUT2D eigenvalue weighted by atomic mass is 32.2. The van der Waals surface area contributed by atoms with Gasteiger partial charge in [0.1, 0.15) is 21.2 Å². The van der Waals surface area contributed by atoms with Crippen LogP contribution in [0.5, 0.6) is 0 Å². The molecule has 0 bridgehead atoms. The number of amides is 2. The topological polar surface area (TPSA) is 389 Å². The predicted octanol–water partition coefficient (Wildman–Crippen LogP) is 1.84. The molecule has 0 aromatic heterocycles. The van der Waals surface area contributed by atoms with Crippen molar-refractivity contribution in [2.45, 2.75) is 0 Å². The van der Waals surface area contributed by atoms with Crippen molar-refractivity contribution in [2.24, 2.45) is 0 Å². The molecule has 4 aliphatic carbocycles. The first kappa shape index (κ1) is 42.7. The lowest BCUT2D eigenvalue weighted by molar-refractivity contribution is -0.112. The monoisotopic (exact) mass is 902 g/mol. The van der Waals surface area contributed by atoms with Gasteiger partial charge in [-0.25, -0.2) is 4.79 Å². The summed E-state index contributed by atoms with van der Waals surface area (Å²) in [6.07, 6.45) is 4.12. The molecule has 2 aromatic rings. The van der Waals surface area contributed by atoms with E-state index < -0.39 is 101 Å². The molecule has 2 amide bonds. The van der Waals surface area contributed by atoms with Gasteiger partial charge in [0.05, 0.1) is 43.7 Å². The molecule has 0 fully saturated rings. The fourth-order valence-electron chi connectivity index (χ4n) is 5.70. The summed E-state index contributed by atoms with van der Waals surface area (Å²) in [5.74, 6) is -2.01. The Morgan fingerprint density at radius 1 is 0.450 bits per heavy atom. The van der Waals surface area contributed by atoms with E-state index in [0.29, 0.717) is 24.3 Å². The average molecular weight is 903 g/mol. The van der Waals surface area contributed by atoms with Crippen LogP contribution < -0.4 is 32.3 Å². The van der Waals surface area contributed by atoms with Gasteiger partial charge < -0.3 is 21.5 Å². The second kappa shape index (κ2) is 15.4. The third kappa shape index (κ3) is 9.06. The van der Waals surface area contributed by atoms with E-state index in [4.69, 9.17) is 10.8 Å². The van der Waals surface area contributed by atoms with E-state index in [9.17, 15) is 66.3 Å². The Balaban J connectivity index is 1.09. The van der Waals surface area contributed by atoms with Crippen LogP contribution in [-0.2, 0) is 50.1 Å². The number of carbonyl (C=O) groups excluding carboxylic acids is 3. The molecule has 0 atom stereocenters. The summed E-state index contributed by atoms with van der Waals surface area (Å²) in [6.45, 7) is 0. The zero-order valence-electron chi connectivity index (χ0n) is 29.5. The number of rotatable bonds is 12. The van der Waals surface area contributed by atoms with Crippen LogP contribution in [0.25, 0.3) is 0 Å². The van der Waals surface area contributed by atoms with Crippen molar-refractivity contribution in [3.8, 4) is 0 Å². The van der Waals surface area contributed by atoms with Gasteiger partial charge in [-0.2, -0.15) is 33.7 Å². The fourth-order valence-corrected chi connectivity index (χ4v) is 8.03. The van der Waals surface area contributed by atoms with Gasteiger partial charge in [0.25, 0.3) is 40.5 Å². The molecule has 312 valence electrons. The summed E-state index contributed by atoms with van der Waals surface area (Å²) in [4.78, 5) is 34.8. The first-order chi connectivity index (χ1) is 27.8. The highest BCUT2D eigenvalue weighted by Crippen LogP contribution is 2.35. The second-order valence-corrected chi connectivity index (χ2v) is 18.0. The lowest BCUT2D eigenvalue weighted by atomic mass is 9.89. The Morgan fingerprint density at radius 2 is 0.767 bits per heavy atom. The lowest BCUT2D eigenvalue weighted by Gasteiger charge is -2.25. The van der Waals surface area contributed by atoms with E-state index in [1.165, 1.54) is 48.5 Å². The molecule has 4 aliphatic rings. The molecule has 23 nitrogen and oxygen atoms in total. The Hall–Kier alpha value is -6.85. The van der Waals surface area contributed by atoms with Crippen LogP contribution >= 0.6 is 0 Å². The van der Waals surface area contributed by atoms with E-state index in [1.54, 1.807) is 0 Å². The fraction of sp³-hybridized carbons (Fsp3) is 0. The number of anilines is 4. The summed E-state index contributed by atoms with van der Waals surface area (Å²) in [5, 5.41) is 21.7. The number of nitrogens with one attached hydrogen (secondary N) is 8. The van der Waals surface area contributed by atoms with Crippen molar-refractivity contribution in [1.29, 1.82) is 10.8 Å². The Bertz CT molecular complexity index is 2880. The molecule has 2 aromatic carbocycles. The maximum absolute atomic E-state index is 12.8. The van der Waals surface area contributed by atoms with Crippen molar-refractivity contribution in [2.75, 3.05) is 21.5 Å². The quantitative estimate of drug-likeness (QED) is 0.107. The van der Waals surface area contributed by atoms with Crippen molar-refractivity contribution in [3.63, 3.8) is 0 Å². The predicted molar refractivity (Wildman–Crippen MR) is 213 cm³/mol. The zero-order valence-corrected chi connectivity index (χ0v) is 32.8. The average Bonchev–Trinajstić information content (AvgIpc) is 3.13. The minimum atomic E-state index is -5.05. The van der Waals surface area contributed by atoms with Gasteiger partial charge in [0.15, 0.2) is 11.6 Å². The van der Waals surface area contributed by atoms with E-state index in [1.807, 2.05) is 0 Å². The lowest BCUT2D eigenvalue weighted by Crippen LogP contribution is -2.34. The number of ketones is 2. The number of fused-ring (bicyclic) bond motifs is 2. The van der Waals surface area contributed by atoms with Crippen molar-refractivity contribution in [3.05, 3.63) is 138 Å². The van der Waals surface area contributed by atoms with Gasteiger partial charge in [0, 0.05) is 23.5 Å². The molecule has 0 spiro atoms. The minimum absolute atomic E-state index is 0.244. The third-order valence-electron chi connectivity index (χ3n) is 8.38. The summed E-state index contributed by atoms with van der Waals surface area (Å²) < 4.78 is 133. The number of urea groups is 1. The maximum Gasteiger partial charge on any atom is 0.323 e. The number of hydrogen-bond donors (Lipinski definition) is 12. The van der Waals surface area contributed by atoms with Crippen molar-refractivity contribution in [1.82, 2.24) is 10.9 Å². The van der Waals surface area contributed by atoms with Crippen molar-refractivity contribution >= 4 is 92.2 Å². The van der Waals surface area contributed by atoms with Crippen LogP contribution in [0.1, 0.15) is 0 Å². The first-order valence-electron chi connectivity index (χ1n) is 16.1. The largest absolute Gasteiger partial charge is 0.323 e. The molecule has 0 saturated heterocycles. The summed E-state index contributed by atoms with van der Waals surface area (Å²) in [5.41, 5.74) is 7.31. The molecule has 0 saturated carbocycles. The van der Waals surface area contributed by atoms with E-state index in [2.05, 4.69) is 32.3 Å². The molecule has 0 radical (unpaired) electrons. The van der Waals surface area contributed by atoms with Crippen LogP contribution in [0.2, 0.25) is 0 Å². The normalized spacial score (nSPS) is 17.2. The highest BCUT2D eigenvalue weighted by Gasteiger charge is 2.37. The number of allylic oxidation sites excluding steroid dienone is 12. The van der Waals surface area contributed by atoms with Crippen molar-refractivity contribution < 1.29 is 66.3 Å². The second-order valence-electron chi connectivity index (χ2n) is 12.4. The third-order valence-corrected chi connectivity index (χ3v) is 11.8. The molecular weight excluding hydrogens is 877 g/mol. The standard InChI is InChI=1S/C33H26N8O15S4/c34-29-25(59(51,52)53)11-15-9-21(57(45,46)47)13-23(42)27(15)31(29)40-38-19-5-1-17(2-6-19)36-33(44)37-18-3-7-20(8-4-18)39-41-32-28-16(12-26(30(32)35)60(54,55)56)10-22(14-24(28)43)58(48,49)50/h1-14,34-35,38-41H,(H2,36,37,44)(H,45,46,47)(H,48,49,50)(H,51,52,53)(H,54,55,56). The van der Waals surface area contributed by atoms with Gasteiger partial charge >= 0.3 is 6.03 Å². The maximum atomic E-state index is 12.8. The molecular formula is C33H26N8O15S4. The summed E-state index contributed by atoms with van der Waals surface area (Å²) >= 11 is 0. The molecule has 0 heterocycles. The minimum Gasteiger partial charge on any atom is -0.308 e. The Kier molecular flexibility index (Phi) is 11.0. The van der Waals surface area contributed by atoms with Gasteiger partial charge in [-0.15, -0.1) is 0 Å². The first-order valence-corrected chi connectivity index (χ1v) is 21.9. The Labute approximate surface area is 338 Å². The van der Waals surface area contributed by atoms with Gasteiger partial charge in [-0.3, -0.25) is 49.5 Å². The van der Waals surface area contributed by atoms with Crippen LogP contribution in [0.3, 0.4) is 0 Å². The van der Waals surface area contributed by atoms with Gasteiger partial charge in [0.2, 0.25) is 0 Å². The SMILES string of the molecule is N=C1C(S(=O)(=O)O)=CC2=CC(S(=O)(=O)O)=CC(=O)C2=C1NNc1ccc(NC(=O)Nc2ccc(NNC3=C4C(=O)C=C(S(=O)(=O)O)C=C4C=C(S(=O)(=O)O)C3=N)cc2)cc1. The smallest absolute Gasteiger partial charge is 0.308 e. The van der Waals surface area contributed by atoms with E-state index in [-0.39, 0.29) is 45.0 Å². The van der Waals surface area contributed by atoms with Gasteiger partial charge in [-0.05, 0) is 84.0 Å². The molecule has 0 unspecified atom stereocenters. The van der Waals surface area contributed by atoms with Crippen LogP contribution in [-0.4, -0.2) is 80.9 Å². The molecule has 60 heavy (non-hydrogen) atoms. The molecule has 6 rings (SSSR count). The Morgan fingerprint density at radius 3 is 1.07 bits per heavy atom. The van der Waals surface area contributed by atoms with E-state index >= 15 is 0 Å². The highest BCUT2D eigenvalue weighted by molar-refractivity contribution is 7.91. The van der Waals surface area contributed by atoms with E-state index in [0.717, 1.165) is 12.2 Å². The summed E-state index contributed by atoms with van der Waals surface area (Å²) in [7, 11) is -19.9. The molecule has 0 aliphatic heterocycles. The number of benzene rings is 2. The summed E-state index contributed by atoms with van der Waals surface area (Å²) in [6, 6.07) is 10.7. The number of hydrogen-bond acceptors (Lipinski definition) is 17. The van der Waals surface area contributed by atoms with Crippen LogP contribution in [0.15, 0.2) is 138 Å². The van der Waals surface area contributed by atoms with Gasteiger partial charge in [-0.1, -0.05) is 0 Å². The molecule has 12 N–H and O–H groups in total. The van der Waals surface area contributed by atoms with Crippen LogP contribution in [0.4, 0.5) is 27.5 Å². The van der Waals surface area contributed by atoms with Crippen LogP contribution in [0, 0.1) is 10.8 Å². The number of hydrazine groups is 2. The zero-order chi connectivity index (χ0) is 44.1. The molecule has 27 heteroatoms.